The van der Waals surface area contributed by atoms with E-state index in [9.17, 15) is 9.18 Å². The number of aromatic nitrogens is 2. The summed E-state index contributed by atoms with van der Waals surface area (Å²) in [4.78, 5) is 23.3. The molecule has 0 bridgehead atoms. The van der Waals surface area contributed by atoms with Crippen molar-refractivity contribution < 1.29 is 13.9 Å². The molecule has 1 fully saturated rings. The Bertz CT molecular complexity index is 827. The molecule has 0 radical (unpaired) electrons. The topological polar surface area (TPSA) is 67.4 Å². The lowest BCUT2D eigenvalue weighted by molar-refractivity contribution is -0.126. The zero-order valence-electron chi connectivity index (χ0n) is 14.8. The number of fused-ring (bicyclic) bond motifs is 3. The molecule has 1 aromatic heterocycles. The number of rotatable bonds is 3. The van der Waals surface area contributed by atoms with Crippen LogP contribution in [0.4, 0.5) is 4.39 Å². The summed E-state index contributed by atoms with van der Waals surface area (Å²) in [7, 11) is 1.97. The van der Waals surface area contributed by atoms with Crippen molar-refractivity contribution in [1.29, 1.82) is 0 Å². The zero-order valence-corrected chi connectivity index (χ0v) is 14.8. The summed E-state index contributed by atoms with van der Waals surface area (Å²) in [6, 6.07) is 4.58. The Hall–Kier alpha value is -2.54. The van der Waals surface area contributed by atoms with Crippen LogP contribution in [-0.2, 0) is 11.3 Å². The predicted molar refractivity (Wildman–Crippen MR) is 92.9 cm³/mol. The molecular weight excluding hydrogens is 335 g/mol. The fraction of sp³-hybridized carbons (Fsp3) is 0.421. The molecule has 4 rings (SSSR count). The van der Waals surface area contributed by atoms with E-state index in [1.54, 1.807) is 18.5 Å². The molecule has 3 heterocycles. The third kappa shape index (κ3) is 3.03. The van der Waals surface area contributed by atoms with Gasteiger partial charge >= 0.3 is 0 Å². The number of nitrogens with one attached hydrogen (secondary N) is 1. The van der Waals surface area contributed by atoms with Gasteiger partial charge in [-0.25, -0.2) is 4.39 Å². The second-order valence-corrected chi connectivity index (χ2v) is 7.01. The number of benzene rings is 1. The number of nitrogens with zero attached hydrogens (tertiary/aromatic N) is 3. The van der Waals surface area contributed by atoms with Crippen molar-refractivity contribution in [3.8, 4) is 5.75 Å². The molecule has 7 heteroatoms. The first-order chi connectivity index (χ1) is 12.5. The molecule has 3 atom stereocenters. The van der Waals surface area contributed by atoms with Crippen LogP contribution in [0.5, 0.6) is 5.75 Å². The molecule has 2 aliphatic rings. The molecule has 2 aromatic rings. The normalized spacial score (nSPS) is 24.5. The third-order valence-electron chi connectivity index (χ3n) is 5.22. The summed E-state index contributed by atoms with van der Waals surface area (Å²) in [5.41, 5.74) is 2.38. The van der Waals surface area contributed by atoms with Crippen molar-refractivity contribution >= 4 is 5.91 Å². The first kappa shape index (κ1) is 16.9. The van der Waals surface area contributed by atoms with Gasteiger partial charge < -0.3 is 10.1 Å². The number of aryl methyl sites for hydroxylation is 1. The number of hydrogen-bond donors (Lipinski definition) is 1. The van der Waals surface area contributed by atoms with Crippen LogP contribution in [-0.4, -0.2) is 41.0 Å². The molecule has 1 saturated heterocycles. The van der Waals surface area contributed by atoms with Crippen LogP contribution in [0.25, 0.3) is 0 Å². The van der Waals surface area contributed by atoms with E-state index in [2.05, 4.69) is 20.2 Å². The van der Waals surface area contributed by atoms with Gasteiger partial charge in [0, 0.05) is 30.3 Å². The number of carbonyl (C=O) groups is 1. The molecule has 0 aliphatic carbocycles. The monoisotopic (exact) mass is 356 g/mol. The minimum Gasteiger partial charge on any atom is -0.493 e. The maximum atomic E-state index is 13.7. The van der Waals surface area contributed by atoms with Gasteiger partial charge in [0.2, 0.25) is 5.91 Å². The zero-order chi connectivity index (χ0) is 18.3. The second-order valence-electron chi connectivity index (χ2n) is 7.01. The quantitative estimate of drug-likeness (QED) is 0.909. The van der Waals surface area contributed by atoms with E-state index < -0.39 is 0 Å². The van der Waals surface area contributed by atoms with Gasteiger partial charge in [0.15, 0.2) is 0 Å². The molecule has 0 unspecified atom stereocenters. The Morgan fingerprint density at radius 1 is 1.38 bits per heavy atom. The summed E-state index contributed by atoms with van der Waals surface area (Å²) >= 11 is 0. The fourth-order valence-electron chi connectivity index (χ4n) is 3.95. The summed E-state index contributed by atoms with van der Waals surface area (Å²) in [6.45, 7) is 3.28. The summed E-state index contributed by atoms with van der Waals surface area (Å²) in [5, 5.41) is 2.95. The van der Waals surface area contributed by atoms with Crippen molar-refractivity contribution in [3.63, 3.8) is 0 Å². The maximum Gasteiger partial charge on any atom is 0.225 e. The SMILES string of the molecule is Cc1cnc(CNC(=O)[C@@H]2CN(C)[C@H]3c4cc(F)ccc4OC[C@@H]23)cn1. The highest BCUT2D eigenvalue weighted by molar-refractivity contribution is 5.80. The Balaban J connectivity index is 1.48. The van der Waals surface area contributed by atoms with Gasteiger partial charge in [-0.05, 0) is 32.2 Å². The first-order valence-electron chi connectivity index (χ1n) is 8.70. The van der Waals surface area contributed by atoms with Gasteiger partial charge in [0.25, 0.3) is 0 Å². The largest absolute Gasteiger partial charge is 0.493 e. The Kier molecular flexibility index (Phi) is 4.32. The molecule has 1 N–H and O–H groups in total. The molecule has 6 nitrogen and oxygen atoms in total. The highest BCUT2D eigenvalue weighted by Gasteiger charge is 2.47. The van der Waals surface area contributed by atoms with Crippen LogP contribution in [0, 0.1) is 24.6 Å². The van der Waals surface area contributed by atoms with Gasteiger partial charge in [-0.15, -0.1) is 0 Å². The summed E-state index contributed by atoms with van der Waals surface area (Å²) in [5.74, 6) is 0.177. The van der Waals surface area contributed by atoms with E-state index >= 15 is 0 Å². The van der Waals surface area contributed by atoms with Crippen molar-refractivity contribution in [1.82, 2.24) is 20.2 Å². The second kappa shape index (κ2) is 6.64. The van der Waals surface area contributed by atoms with E-state index in [4.69, 9.17) is 4.74 Å². The summed E-state index contributed by atoms with van der Waals surface area (Å²) in [6.07, 6.45) is 3.35. The lowest BCUT2D eigenvalue weighted by Gasteiger charge is -2.33. The minimum absolute atomic E-state index is 0.00148. The minimum atomic E-state index is -0.285. The van der Waals surface area contributed by atoms with Crippen LogP contribution in [0.3, 0.4) is 0 Å². The number of amides is 1. The van der Waals surface area contributed by atoms with Crippen LogP contribution < -0.4 is 10.1 Å². The van der Waals surface area contributed by atoms with E-state index in [1.165, 1.54) is 12.1 Å². The fourth-order valence-corrected chi connectivity index (χ4v) is 3.95. The third-order valence-corrected chi connectivity index (χ3v) is 5.22. The number of halogens is 1. The molecule has 136 valence electrons. The number of carbonyl (C=O) groups excluding carboxylic acids is 1. The Labute approximate surface area is 151 Å². The lowest BCUT2D eigenvalue weighted by Crippen LogP contribution is -2.38. The highest BCUT2D eigenvalue weighted by Crippen LogP contribution is 2.46. The Morgan fingerprint density at radius 2 is 2.23 bits per heavy atom. The smallest absolute Gasteiger partial charge is 0.225 e. The van der Waals surface area contributed by atoms with Crippen molar-refractivity contribution in [2.24, 2.45) is 11.8 Å². The maximum absolute atomic E-state index is 13.7. The summed E-state index contributed by atoms with van der Waals surface area (Å²) < 4.78 is 19.5. The van der Waals surface area contributed by atoms with E-state index in [1.807, 2.05) is 14.0 Å². The van der Waals surface area contributed by atoms with Crippen molar-refractivity contribution in [3.05, 3.63) is 53.4 Å². The highest BCUT2D eigenvalue weighted by atomic mass is 19.1. The molecule has 1 amide bonds. The average molecular weight is 356 g/mol. The standard InChI is InChI=1S/C19H21FN4O2/c1-11-6-22-13(7-21-11)8-23-19(25)15-9-24(2)18-14-5-12(20)3-4-17(14)26-10-16(15)18/h3-7,15-16,18H,8-10H2,1-2H3,(H,23,25)/t15-,16+,18+/m1/s1. The number of hydrogen-bond acceptors (Lipinski definition) is 5. The van der Waals surface area contributed by atoms with E-state index in [-0.39, 0.29) is 29.6 Å². The molecule has 0 saturated carbocycles. The van der Waals surface area contributed by atoms with Crippen LogP contribution in [0.2, 0.25) is 0 Å². The lowest BCUT2D eigenvalue weighted by atomic mass is 9.85. The van der Waals surface area contributed by atoms with Gasteiger partial charge in [0.1, 0.15) is 11.6 Å². The molecule has 1 aromatic carbocycles. The van der Waals surface area contributed by atoms with Crippen LogP contribution in [0.15, 0.2) is 30.6 Å². The first-order valence-corrected chi connectivity index (χ1v) is 8.70. The van der Waals surface area contributed by atoms with Crippen molar-refractivity contribution in [2.75, 3.05) is 20.2 Å². The Morgan fingerprint density at radius 3 is 3.00 bits per heavy atom. The van der Waals surface area contributed by atoms with Gasteiger partial charge in [0.05, 0.1) is 36.7 Å². The molecule has 26 heavy (non-hydrogen) atoms. The van der Waals surface area contributed by atoms with Crippen LogP contribution >= 0.6 is 0 Å². The molecular formula is C19H21FN4O2. The molecule has 0 spiro atoms. The predicted octanol–water partition coefficient (Wildman–Crippen LogP) is 1.85. The van der Waals surface area contributed by atoms with E-state index in [0.717, 1.165) is 17.0 Å². The van der Waals surface area contributed by atoms with Crippen LogP contribution in [0.1, 0.15) is 23.0 Å². The van der Waals surface area contributed by atoms with Gasteiger partial charge in [-0.3, -0.25) is 19.7 Å². The molecule has 2 aliphatic heterocycles. The number of ether oxygens (including phenoxy) is 1. The van der Waals surface area contributed by atoms with Crippen molar-refractivity contribution in [2.45, 2.75) is 19.5 Å². The van der Waals surface area contributed by atoms with Gasteiger partial charge in [-0.2, -0.15) is 0 Å². The average Bonchev–Trinajstić information content (AvgIpc) is 2.98. The van der Waals surface area contributed by atoms with E-state index in [0.29, 0.717) is 25.4 Å². The van der Waals surface area contributed by atoms with Gasteiger partial charge in [-0.1, -0.05) is 0 Å². The number of likely N-dealkylation sites (tertiary alicyclic amines) is 1.